The number of halogens is 3. The minimum Gasteiger partial charge on any atom is -0.388 e. The van der Waals surface area contributed by atoms with Crippen molar-refractivity contribution >= 4 is 5.69 Å². The van der Waals surface area contributed by atoms with Crippen LogP contribution in [0.5, 0.6) is 0 Å². The van der Waals surface area contributed by atoms with Gasteiger partial charge in [0, 0.05) is 12.7 Å². The van der Waals surface area contributed by atoms with Crippen molar-refractivity contribution in [2.45, 2.75) is 19.5 Å². The van der Waals surface area contributed by atoms with Crippen molar-refractivity contribution in [2.75, 3.05) is 12.4 Å². The summed E-state index contributed by atoms with van der Waals surface area (Å²) in [5.74, 6) is 0. The molecule has 4 heteroatoms. The highest BCUT2D eigenvalue weighted by Gasteiger charge is 2.32. The van der Waals surface area contributed by atoms with E-state index in [1.54, 1.807) is 14.0 Å². The topological polar surface area (TPSA) is 12.0 Å². The summed E-state index contributed by atoms with van der Waals surface area (Å²) in [6.45, 7) is 1.71. The third kappa shape index (κ3) is 2.19. The molecule has 1 aromatic carbocycles. The molecule has 0 aromatic heterocycles. The summed E-state index contributed by atoms with van der Waals surface area (Å²) in [6, 6.07) is 4.08. The van der Waals surface area contributed by atoms with Crippen LogP contribution >= 0.6 is 0 Å². The Kier molecular flexibility index (Phi) is 3.03. The van der Waals surface area contributed by atoms with E-state index in [0.29, 0.717) is 17.7 Å². The molecular weight excluding hydrogens is 191 g/mol. The molecule has 0 spiro atoms. The maximum atomic E-state index is 12.5. The average Bonchev–Trinajstić information content (AvgIpc) is 2.15. The molecule has 14 heavy (non-hydrogen) atoms. The van der Waals surface area contributed by atoms with Gasteiger partial charge in [0.2, 0.25) is 0 Å². The molecule has 0 heterocycles. The van der Waals surface area contributed by atoms with Crippen LogP contribution in [-0.4, -0.2) is 7.05 Å². The zero-order chi connectivity index (χ0) is 10.8. The number of anilines is 1. The van der Waals surface area contributed by atoms with Crippen molar-refractivity contribution in [2.24, 2.45) is 0 Å². The van der Waals surface area contributed by atoms with Crippen LogP contribution in [0.2, 0.25) is 0 Å². The molecule has 0 saturated carbocycles. The Labute approximate surface area is 80.9 Å². The van der Waals surface area contributed by atoms with E-state index in [1.807, 2.05) is 0 Å². The van der Waals surface area contributed by atoms with Crippen LogP contribution in [-0.2, 0) is 12.6 Å². The van der Waals surface area contributed by atoms with E-state index in [1.165, 1.54) is 12.1 Å². The van der Waals surface area contributed by atoms with Crippen molar-refractivity contribution in [1.29, 1.82) is 0 Å². The molecule has 1 nitrogen and oxygen atoms in total. The van der Waals surface area contributed by atoms with Gasteiger partial charge in [-0.15, -0.1) is 0 Å². The zero-order valence-electron chi connectivity index (χ0n) is 8.07. The van der Waals surface area contributed by atoms with E-state index >= 15 is 0 Å². The SMILES string of the molecule is CCc1cc(NC)ccc1C(F)(F)F. The Morgan fingerprint density at radius 2 is 1.93 bits per heavy atom. The van der Waals surface area contributed by atoms with E-state index in [-0.39, 0.29) is 0 Å². The van der Waals surface area contributed by atoms with Gasteiger partial charge in [0.1, 0.15) is 0 Å². The molecule has 0 fully saturated rings. The molecule has 0 saturated heterocycles. The van der Waals surface area contributed by atoms with E-state index in [2.05, 4.69) is 5.32 Å². The lowest BCUT2D eigenvalue weighted by atomic mass is 10.0. The Balaban J connectivity index is 3.18. The molecule has 78 valence electrons. The van der Waals surface area contributed by atoms with Crippen molar-refractivity contribution in [3.63, 3.8) is 0 Å². The van der Waals surface area contributed by atoms with E-state index in [9.17, 15) is 13.2 Å². The quantitative estimate of drug-likeness (QED) is 0.777. The molecule has 0 aliphatic carbocycles. The first-order chi connectivity index (χ1) is 6.49. The van der Waals surface area contributed by atoms with Gasteiger partial charge in [-0.25, -0.2) is 0 Å². The molecule has 0 radical (unpaired) electrons. The Morgan fingerprint density at radius 1 is 1.29 bits per heavy atom. The van der Waals surface area contributed by atoms with Crippen molar-refractivity contribution < 1.29 is 13.2 Å². The van der Waals surface area contributed by atoms with Gasteiger partial charge in [0.05, 0.1) is 5.56 Å². The summed E-state index contributed by atoms with van der Waals surface area (Å²) >= 11 is 0. The van der Waals surface area contributed by atoms with Crippen LogP contribution in [0.25, 0.3) is 0 Å². The lowest BCUT2D eigenvalue weighted by Gasteiger charge is -2.12. The van der Waals surface area contributed by atoms with Gasteiger partial charge < -0.3 is 5.32 Å². The van der Waals surface area contributed by atoms with Gasteiger partial charge in [0.15, 0.2) is 0 Å². The maximum absolute atomic E-state index is 12.5. The van der Waals surface area contributed by atoms with Crippen molar-refractivity contribution in [1.82, 2.24) is 0 Å². The monoisotopic (exact) mass is 203 g/mol. The van der Waals surface area contributed by atoms with Gasteiger partial charge in [-0.05, 0) is 30.2 Å². The molecule has 1 aromatic rings. The molecule has 1 rings (SSSR count). The molecule has 0 amide bonds. The second kappa shape index (κ2) is 3.90. The minimum atomic E-state index is -4.25. The smallest absolute Gasteiger partial charge is 0.388 e. The van der Waals surface area contributed by atoms with E-state index < -0.39 is 11.7 Å². The highest BCUT2D eigenvalue weighted by atomic mass is 19.4. The molecule has 0 bridgehead atoms. The second-order valence-corrected chi connectivity index (χ2v) is 2.97. The molecule has 0 aliphatic heterocycles. The number of rotatable bonds is 2. The maximum Gasteiger partial charge on any atom is 0.416 e. The molecule has 0 aliphatic rings. The average molecular weight is 203 g/mol. The van der Waals surface area contributed by atoms with Gasteiger partial charge in [0.25, 0.3) is 0 Å². The number of aryl methyl sites for hydroxylation is 1. The number of benzene rings is 1. The number of hydrogen-bond acceptors (Lipinski definition) is 1. The van der Waals surface area contributed by atoms with Crippen LogP contribution in [0, 0.1) is 0 Å². The van der Waals surface area contributed by atoms with Crippen molar-refractivity contribution in [3.05, 3.63) is 29.3 Å². The number of alkyl halides is 3. The van der Waals surface area contributed by atoms with Crippen LogP contribution in [0.3, 0.4) is 0 Å². The molecular formula is C10H12F3N. The van der Waals surface area contributed by atoms with Gasteiger partial charge in [-0.1, -0.05) is 6.92 Å². The number of hydrogen-bond donors (Lipinski definition) is 1. The third-order valence-corrected chi connectivity index (χ3v) is 2.08. The zero-order valence-corrected chi connectivity index (χ0v) is 8.07. The summed E-state index contributed by atoms with van der Waals surface area (Å²) < 4.78 is 37.4. The minimum absolute atomic E-state index is 0.323. The van der Waals surface area contributed by atoms with Crippen molar-refractivity contribution in [3.8, 4) is 0 Å². The first-order valence-corrected chi connectivity index (χ1v) is 4.37. The summed E-state index contributed by atoms with van der Waals surface area (Å²) in [6.07, 6.45) is -3.87. The third-order valence-electron chi connectivity index (χ3n) is 2.08. The van der Waals surface area contributed by atoms with Crippen LogP contribution in [0.15, 0.2) is 18.2 Å². The second-order valence-electron chi connectivity index (χ2n) is 2.97. The standard InChI is InChI=1S/C10H12F3N/c1-3-7-6-8(14-2)4-5-9(7)10(11,12)13/h4-6,14H,3H2,1-2H3. The Bertz CT molecular complexity index is 318. The predicted octanol–water partition coefficient (Wildman–Crippen LogP) is 3.31. The Hall–Kier alpha value is -1.19. The highest BCUT2D eigenvalue weighted by Crippen LogP contribution is 2.33. The predicted molar refractivity (Wildman–Crippen MR) is 50.4 cm³/mol. The summed E-state index contributed by atoms with van der Waals surface area (Å²) in [4.78, 5) is 0. The summed E-state index contributed by atoms with van der Waals surface area (Å²) in [5.41, 5.74) is 0.484. The largest absolute Gasteiger partial charge is 0.416 e. The number of nitrogens with one attached hydrogen (secondary N) is 1. The fraction of sp³-hybridized carbons (Fsp3) is 0.400. The van der Waals surface area contributed by atoms with Crippen LogP contribution in [0.4, 0.5) is 18.9 Å². The van der Waals surface area contributed by atoms with Gasteiger partial charge in [-0.2, -0.15) is 13.2 Å². The van der Waals surface area contributed by atoms with Gasteiger partial charge >= 0.3 is 6.18 Å². The van der Waals surface area contributed by atoms with Crippen LogP contribution in [0.1, 0.15) is 18.1 Å². The fourth-order valence-electron chi connectivity index (χ4n) is 1.32. The van der Waals surface area contributed by atoms with E-state index in [0.717, 1.165) is 6.07 Å². The molecule has 1 N–H and O–H groups in total. The Morgan fingerprint density at radius 3 is 2.36 bits per heavy atom. The molecule has 0 unspecified atom stereocenters. The fourth-order valence-corrected chi connectivity index (χ4v) is 1.32. The summed E-state index contributed by atoms with van der Waals surface area (Å²) in [5, 5.41) is 2.81. The lowest BCUT2D eigenvalue weighted by molar-refractivity contribution is -0.138. The first-order valence-electron chi connectivity index (χ1n) is 4.37. The summed E-state index contributed by atoms with van der Waals surface area (Å²) in [7, 11) is 1.68. The highest BCUT2D eigenvalue weighted by molar-refractivity contribution is 5.49. The van der Waals surface area contributed by atoms with Crippen LogP contribution < -0.4 is 5.32 Å². The lowest BCUT2D eigenvalue weighted by Crippen LogP contribution is -2.09. The normalized spacial score (nSPS) is 11.5. The molecule has 0 atom stereocenters. The van der Waals surface area contributed by atoms with Gasteiger partial charge in [-0.3, -0.25) is 0 Å². The van der Waals surface area contributed by atoms with E-state index in [4.69, 9.17) is 0 Å². The first kappa shape index (κ1) is 10.9.